The van der Waals surface area contributed by atoms with Crippen molar-refractivity contribution in [3.63, 3.8) is 0 Å². The van der Waals surface area contributed by atoms with Crippen LogP contribution in [0.25, 0.3) is 0 Å². The molecule has 0 aliphatic heterocycles. The molecule has 0 aliphatic rings. The van der Waals surface area contributed by atoms with Crippen molar-refractivity contribution in [3.8, 4) is 0 Å². The number of amides is 1. The Morgan fingerprint density at radius 3 is 2.29 bits per heavy atom. The van der Waals surface area contributed by atoms with E-state index in [0.717, 1.165) is 22.5 Å². The molecule has 28 heavy (non-hydrogen) atoms. The van der Waals surface area contributed by atoms with Gasteiger partial charge < -0.3 is 10.6 Å². The number of aromatic nitrogens is 2. The highest BCUT2D eigenvalue weighted by Crippen LogP contribution is 2.19. The second-order valence-electron chi connectivity index (χ2n) is 6.75. The first-order valence-corrected chi connectivity index (χ1v) is 8.94. The van der Waals surface area contributed by atoms with Crippen molar-refractivity contribution in [2.24, 2.45) is 0 Å². The fourth-order valence-corrected chi connectivity index (χ4v) is 2.71. The van der Waals surface area contributed by atoms with Crippen LogP contribution >= 0.6 is 0 Å². The highest BCUT2D eigenvalue weighted by atomic mass is 16.2. The number of nitrogens with one attached hydrogen (secondary N) is 2. The van der Waals surface area contributed by atoms with Gasteiger partial charge in [-0.1, -0.05) is 12.1 Å². The van der Waals surface area contributed by atoms with E-state index < -0.39 is 0 Å². The van der Waals surface area contributed by atoms with Crippen LogP contribution in [0.1, 0.15) is 44.6 Å². The Morgan fingerprint density at radius 1 is 0.893 bits per heavy atom. The summed E-state index contributed by atoms with van der Waals surface area (Å²) in [6.07, 6.45) is 0. The fourth-order valence-electron chi connectivity index (χ4n) is 2.71. The fraction of sp³-hybridized carbons (Fsp3) is 0.182. The first-order valence-electron chi connectivity index (χ1n) is 8.94. The van der Waals surface area contributed by atoms with Gasteiger partial charge in [0.25, 0.3) is 5.91 Å². The second-order valence-corrected chi connectivity index (χ2v) is 6.75. The average Bonchev–Trinajstić information content (AvgIpc) is 2.64. The Balaban J connectivity index is 1.81. The van der Waals surface area contributed by atoms with Gasteiger partial charge in [-0.15, -0.1) is 0 Å². The summed E-state index contributed by atoms with van der Waals surface area (Å²) in [6, 6.07) is 14.5. The third-order valence-electron chi connectivity index (χ3n) is 4.28. The van der Waals surface area contributed by atoms with E-state index in [1.54, 1.807) is 37.3 Å². The first kappa shape index (κ1) is 19.2. The predicted octanol–water partition coefficient (Wildman–Crippen LogP) is 4.60. The molecule has 0 aliphatic carbocycles. The molecule has 0 saturated carbocycles. The van der Waals surface area contributed by atoms with E-state index in [2.05, 4.69) is 20.6 Å². The Labute approximate surface area is 164 Å². The summed E-state index contributed by atoms with van der Waals surface area (Å²) in [4.78, 5) is 32.7. The van der Waals surface area contributed by atoms with Gasteiger partial charge in [-0.2, -0.15) is 0 Å². The lowest BCUT2D eigenvalue weighted by Gasteiger charge is -2.11. The van der Waals surface area contributed by atoms with Gasteiger partial charge in [0.1, 0.15) is 5.69 Å². The number of carbonyl (C=O) groups is 2. The van der Waals surface area contributed by atoms with Crippen molar-refractivity contribution in [1.82, 2.24) is 9.97 Å². The molecule has 3 aromatic rings. The highest BCUT2D eigenvalue weighted by Gasteiger charge is 2.12. The van der Waals surface area contributed by atoms with Crippen LogP contribution in [-0.4, -0.2) is 21.7 Å². The minimum atomic E-state index is -0.297. The average molecular weight is 374 g/mol. The summed E-state index contributed by atoms with van der Waals surface area (Å²) in [6.45, 7) is 7.24. The van der Waals surface area contributed by atoms with E-state index >= 15 is 0 Å². The zero-order valence-corrected chi connectivity index (χ0v) is 16.3. The topological polar surface area (TPSA) is 84.0 Å². The van der Waals surface area contributed by atoms with Crippen molar-refractivity contribution in [3.05, 3.63) is 76.6 Å². The van der Waals surface area contributed by atoms with Crippen molar-refractivity contribution in [2.75, 3.05) is 10.6 Å². The number of carbonyl (C=O) groups excluding carboxylic acids is 2. The van der Waals surface area contributed by atoms with Crippen molar-refractivity contribution >= 4 is 29.0 Å². The lowest BCUT2D eigenvalue weighted by Crippen LogP contribution is -2.16. The predicted molar refractivity (Wildman–Crippen MR) is 110 cm³/mol. The largest absolute Gasteiger partial charge is 0.324 e. The van der Waals surface area contributed by atoms with Crippen LogP contribution in [0.4, 0.5) is 17.3 Å². The van der Waals surface area contributed by atoms with Crippen molar-refractivity contribution < 1.29 is 9.59 Å². The van der Waals surface area contributed by atoms with Crippen molar-refractivity contribution in [1.29, 1.82) is 0 Å². The molecule has 6 nitrogen and oxygen atoms in total. The molecular weight excluding hydrogens is 352 g/mol. The number of hydrogen-bond acceptors (Lipinski definition) is 5. The van der Waals surface area contributed by atoms with E-state index in [9.17, 15) is 9.59 Å². The molecule has 2 N–H and O–H groups in total. The normalized spacial score (nSPS) is 10.4. The zero-order chi connectivity index (χ0) is 20.3. The summed E-state index contributed by atoms with van der Waals surface area (Å²) in [5.74, 6) is 0.0274. The van der Waals surface area contributed by atoms with Gasteiger partial charge in [0.05, 0.1) is 0 Å². The molecule has 1 amide bonds. The Kier molecular flexibility index (Phi) is 5.49. The molecule has 0 radical (unpaired) electrons. The number of anilines is 3. The molecule has 2 aromatic carbocycles. The first-order chi connectivity index (χ1) is 13.3. The van der Waals surface area contributed by atoms with Crippen molar-refractivity contribution in [2.45, 2.75) is 27.7 Å². The van der Waals surface area contributed by atoms with Crippen LogP contribution in [0.15, 0.2) is 48.5 Å². The van der Waals surface area contributed by atoms with Crippen LogP contribution in [0.5, 0.6) is 0 Å². The van der Waals surface area contributed by atoms with E-state index in [0.29, 0.717) is 17.2 Å². The van der Waals surface area contributed by atoms with Crippen LogP contribution in [-0.2, 0) is 0 Å². The van der Waals surface area contributed by atoms with Crippen LogP contribution in [0.3, 0.4) is 0 Å². The maximum absolute atomic E-state index is 12.7. The van der Waals surface area contributed by atoms with E-state index in [1.807, 2.05) is 32.0 Å². The number of Topliss-reactive ketones (excluding diaryl/α,β-unsaturated/α-hetero) is 1. The standard InChI is InChI=1S/C22H22N4O2/c1-13-5-6-14(2)19(11-13)25-21(28)20-12-15(3)23-22(26-20)24-18-9-7-17(8-10-18)16(4)27/h5-12H,1-4H3,(H,25,28)(H,23,24,26). The molecule has 1 heterocycles. The number of nitrogens with zero attached hydrogens (tertiary/aromatic N) is 2. The highest BCUT2D eigenvalue weighted by molar-refractivity contribution is 6.03. The Morgan fingerprint density at radius 2 is 1.61 bits per heavy atom. The van der Waals surface area contributed by atoms with E-state index in [-0.39, 0.29) is 17.4 Å². The number of ketones is 1. The number of benzene rings is 2. The SMILES string of the molecule is CC(=O)c1ccc(Nc2nc(C)cc(C(=O)Nc3cc(C)ccc3C)n2)cc1. The van der Waals surface area contributed by atoms with Gasteiger partial charge >= 0.3 is 0 Å². The zero-order valence-electron chi connectivity index (χ0n) is 16.3. The van der Waals surface area contributed by atoms with Crippen LogP contribution in [0, 0.1) is 20.8 Å². The molecule has 3 rings (SSSR count). The minimum absolute atomic E-state index is 0.00348. The molecule has 142 valence electrons. The quantitative estimate of drug-likeness (QED) is 0.638. The molecule has 0 unspecified atom stereocenters. The molecule has 0 fully saturated rings. The second kappa shape index (κ2) is 8.00. The van der Waals surface area contributed by atoms with E-state index in [4.69, 9.17) is 0 Å². The number of aryl methyl sites for hydroxylation is 3. The van der Waals surface area contributed by atoms with Gasteiger partial charge in [0, 0.05) is 22.6 Å². The molecule has 0 spiro atoms. The monoisotopic (exact) mass is 374 g/mol. The summed E-state index contributed by atoms with van der Waals surface area (Å²) in [7, 11) is 0. The molecule has 0 bridgehead atoms. The molecule has 1 aromatic heterocycles. The van der Waals surface area contributed by atoms with Gasteiger partial charge in [-0.05, 0) is 75.2 Å². The maximum Gasteiger partial charge on any atom is 0.274 e. The summed E-state index contributed by atoms with van der Waals surface area (Å²) >= 11 is 0. The summed E-state index contributed by atoms with van der Waals surface area (Å²) < 4.78 is 0. The van der Waals surface area contributed by atoms with E-state index in [1.165, 1.54) is 6.92 Å². The van der Waals surface area contributed by atoms with Crippen LogP contribution in [0.2, 0.25) is 0 Å². The van der Waals surface area contributed by atoms with Crippen LogP contribution < -0.4 is 10.6 Å². The smallest absolute Gasteiger partial charge is 0.274 e. The Hall–Kier alpha value is -3.54. The number of hydrogen-bond donors (Lipinski definition) is 2. The summed E-state index contributed by atoms with van der Waals surface area (Å²) in [5, 5.41) is 5.99. The minimum Gasteiger partial charge on any atom is -0.324 e. The van der Waals surface area contributed by atoms with Gasteiger partial charge in [-0.3, -0.25) is 9.59 Å². The molecule has 6 heteroatoms. The molecule has 0 atom stereocenters. The third-order valence-corrected chi connectivity index (χ3v) is 4.28. The van der Waals surface area contributed by atoms with Gasteiger partial charge in [0.2, 0.25) is 5.95 Å². The number of rotatable bonds is 5. The summed E-state index contributed by atoms with van der Waals surface area (Å²) in [5.41, 5.74) is 5.11. The lowest BCUT2D eigenvalue weighted by atomic mass is 10.1. The Bertz CT molecular complexity index is 1040. The lowest BCUT2D eigenvalue weighted by molar-refractivity contribution is 0.101. The molecular formula is C22H22N4O2. The van der Waals surface area contributed by atoms with Gasteiger partial charge in [-0.25, -0.2) is 9.97 Å². The molecule has 0 saturated heterocycles. The van der Waals surface area contributed by atoms with Gasteiger partial charge in [0.15, 0.2) is 5.78 Å². The maximum atomic E-state index is 12.7. The third kappa shape index (κ3) is 4.59.